The Morgan fingerprint density at radius 1 is 1.39 bits per heavy atom. The molecule has 5 N–H and O–H groups in total. The molecule has 18 heavy (non-hydrogen) atoms. The molecule has 1 rings (SSSR count). The van der Waals surface area contributed by atoms with E-state index >= 15 is 0 Å². The summed E-state index contributed by atoms with van der Waals surface area (Å²) in [6.07, 6.45) is 1.02. The second kappa shape index (κ2) is 6.40. The zero-order valence-corrected chi connectivity index (χ0v) is 11.4. The number of rotatable bonds is 6. The first kappa shape index (κ1) is 14.5. The number of benzene rings is 1. The Balaban J connectivity index is 2.78. The van der Waals surface area contributed by atoms with Crippen molar-refractivity contribution >= 4 is 11.6 Å². The van der Waals surface area contributed by atoms with Crippen molar-refractivity contribution in [2.45, 2.75) is 33.2 Å². The molecule has 0 aromatic heterocycles. The molecular formula is C14H23N3O. The van der Waals surface area contributed by atoms with Gasteiger partial charge >= 0.3 is 0 Å². The highest BCUT2D eigenvalue weighted by Crippen LogP contribution is 2.17. The zero-order chi connectivity index (χ0) is 13.7. The highest BCUT2D eigenvalue weighted by Gasteiger charge is 2.10. The number of anilines is 1. The van der Waals surface area contributed by atoms with Crippen LogP contribution in [0.2, 0.25) is 0 Å². The number of amides is 1. The van der Waals surface area contributed by atoms with E-state index in [0.717, 1.165) is 17.7 Å². The molecule has 1 aromatic rings. The van der Waals surface area contributed by atoms with Gasteiger partial charge in [0.2, 0.25) is 5.91 Å². The van der Waals surface area contributed by atoms with Gasteiger partial charge in [-0.1, -0.05) is 13.8 Å². The lowest BCUT2D eigenvalue weighted by atomic mass is 10.0. The number of nitrogens with two attached hydrogens (primary N) is 2. The maximum Gasteiger partial charge on any atom is 0.248 e. The number of carbonyl (C=O) groups excluding carboxylic acids is 1. The number of carbonyl (C=O) groups is 1. The number of aryl methyl sites for hydroxylation is 1. The van der Waals surface area contributed by atoms with Gasteiger partial charge in [-0.05, 0) is 43.0 Å². The van der Waals surface area contributed by atoms with E-state index in [4.69, 9.17) is 11.5 Å². The zero-order valence-electron chi connectivity index (χ0n) is 11.4. The van der Waals surface area contributed by atoms with Gasteiger partial charge in [-0.3, -0.25) is 4.79 Å². The minimum absolute atomic E-state index is 0.254. The van der Waals surface area contributed by atoms with Crippen molar-refractivity contribution < 1.29 is 4.79 Å². The molecule has 0 aliphatic heterocycles. The summed E-state index contributed by atoms with van der Waals surface area (Å²) in [4.78, 5) is 11.1. The molecule has 0 fully saturated rings. The molecule has 1 aromatic carbocycles. The van der Waals surface area contributed by atoms with Crippen LogP contribution < -0.4 is 16.8 Å². The van der Waals surface area contributed by atoms with Crippen LogP contribution in [0.1, 0.15) is 36.2 Å². The fourth-order valence-corrected chi connectivity index (χ4v) is 2.05. The summed E-state index contributed by atoms with van der Waals surface area (Å²) in [5.74, 6) is 0.202. The van der Waals surface area contributed by atoms with Crippen LogP contribution in [0.5, 0.6) is 0 Å². The van der Waals surface area contributed by atoms with Crippen molar-refractivity contribution in [1.82, 2.24) is 0 Å². The molecule has 0 bridgehead atoms. The highest BCUT2D eigenvalue weighted by molar-refractivity contribution is 5.94. The fourth-order valence-electron chi connectivity index (χ4n) is 2.05. The molecule has 0 saturated carbocycles. The molecule has 100 valence electrons. The largest absolute Gasteiger partial charge is 0.381 e. The van der Waals surface area contributed by atoms with Gasteiger partial charge in [0.1, 0.15) is 0 Å². The molecular weight excluding hydrogens is 226 g/mol. The van der Waals surface area contributed by atoms with Crippen LogP contribution in [0.25, 0.3) is 0 Å². The molecule has 0 aliphatic rings. The van der Waals surface area contributed by atoms with E-state index in [-0.39, 0.29) is 6.04 Å². The first-order chi connectivity index (χ1) is 8.43. The maximum absolute atomic E-state index is 11.1. The third-order valence-electron chi connectivity index (χ3n) is 2.90. The predicted molar refractivity (Wildman–Crippen MR) is 75.6 cm³/mol. The van der Waals surface area contributed by atoms with Crippen LogP contribution in [0.4, 0.5) is 5.69 Å². The smallest absolute Gasteiger partial charge is 0.248 e. The summed E-state index contributed by atoms with van der Waals surface area (Å²) in [7, 11) is 0. The van der Waals surface area contributed by atoms with Gasteiger partial charge in [0.05, 0.1) is 0 Å². The third-order valence-corrected chi connectivity index (χ3v) is 2.90. The molecule has 4 nitrogen and oxygen atoms in total. The van der Waals surface area contributed by atoms with E-state index in [1.807, 2.05) is 19.1 Å². The molecule has 0 spiro atoms. The van der Waals surface area contributed by atoms with E-state index in [1.54, 1.807) is 6.07 Å². The molecule has 0 aliphatic carbocycles. The Kier molecular flexibility index (Phi) is 5.16. The molecule has 0 radical (unpaired) electrons. The van der Waals surface area contributed by atoms with Crippen LogP contribution in [-0.2, 0) is 0 Å². The highest BCUT2D eigenvalue weighted by atomic mass is 16.1. The summed E-state index contributed by atoms with van der Waals surface area (Å²) in [6.45, 7) is 6.82. The van der Waals surface area contributed by atoms with Gasteiger partial charge in [-0.2, -0.15) is 0 Å². The number of hydrogen-bond acceptors (Lipinski definition) is 3. The minimum atomic E-state index is -0.392. The van der Waals surface area contributed by atoms with Gasteiger partial charge in [0.25, 0.3) is 0 Å². The quantitative estimate of drug-likeness (QED) is 0.720. The number of primary amides is 1. The summed E-state index contributed by atoms with van der Waals surface area (Å²) in [5, 5.41) is 3.39. The Bertz CT molecular complexity index is 416. The fraction of sp³-hybridized carbons (Fsp3) is 0.500. The Morgan fingerprint density at radius 3 is 2.50 bits per heavy atom. The summed E-state index contributed by atoms with van der Waals surface area (Å²) in [6, 6.07) is 5.81. The third kappa shape index (κ3) is 4.04. The first-order valence-corrected chi connectivity index (χ1v) is 6.31. The van der Waals surface area contributed by atoms with Crippen molar-refractivity contribution in [2.75, 3.05) is 11.9 Å². The monoisotopic (exact) mass is 249 g/mol. The lowest BCUT2D eigenvalue weighted by molar-refractivity contribution is 0.1000. The Labute approximate surface area is 109 Å². The average Bonchev–Trinajstić information content (AvgIpc) is 2.27. The molecule has 1 unspecified atom stereocenters. The molecule has 1 amide bonds. The SMILES string of the molecule is Cc1cc(NC(CN)CC(C)C)ccc1C(N)=O. The normalized spacial score (nSPS) is 12.5. The first-order valence-electron chi connectivity index (χ1n) is 6.31. The van der Waals surface area contributed by atoms with E-state index in [0.29, 0.717) is 18.0 Å². The lowest BCUT2D eigenvalue weighted by Crippen LogP contribution is -2.30. The van der Waals surface area contributed by atoms with Crippen LogP contribution in [0.15, 0.2) is 18.2 Å². The Hall–Kier alpha value is -1.55. The van der Waals surface area contributed by atoms with Gasteiger partial charge in [-0.15, -0.1) is 0 Å². The van der Waals surface area contributed by atoms with Gasteiger partial charge in [0, 0.05) is 23.8 Å². The van der Waals surface area contributed by atoms with Crippen LogP contribution in [0, 0.1) is 12.8 Å². The number of hydrogen-bond donors (Lipinski definition) is 3. The van der Waals surface area contributed by atoms with Crippen molar-refractivity contribution in [3.8, 4) is 0 Å². The minimum Gasteiger partial charge on any atom is -0.381 e. The van der Waals surface area contributed by atoms with Crippen molar-refractivity contribution in [3.05, 3.63) is 29.3 Å². The van der Waals surface area contributed by atoms with Gasteiger partial charge in [-0.25, -0.2) is 0 Å². The van der Waals surface area contributed by atoms with E-state index in [9.17, 15) is 4.79 Å². The van der Waals surface area contributed by atoms with Crippen molar-refractivity contribution in [3.63, 3.8) is 0 Å². The van der Waals surface area contributed by atoms with Gasteiger partial charge < -0.3 is 16.8 Å². The molecule has 1 atom stereocenters. The molecule has 0 saturated heterocycles. The predicted octanol–water partition coefficient (Wildman–Crippen LogP) is 1.88. The topological polar surface area (TPSA) is 81.1 Å². The number of nitrogens with one attached hydrogen (secondary N) is 1. The lowest BCUT2D eigenvalue weighted by Gasteiger charge is -2.20. The van der Waals surface area contributed by atoms with Crippen molar-refractivity contribution in [1.29, 1.82) is 0 Å². The summed E-state index contributed by atoms with van der Waals surface area (Å²) in [5.41, 5.74) is 13.5. The van der Waals surface area contributed by atoms with Crippen LogP contribution >= 0.6 is 0 Å². The summed E-state index contributed by atoms with van der Waals surface area (Å²) >= 11 is 0. The van der Waals surface area contributed by atoms with E-state index < -0.39 is 5.91 Å². The second-order valence-electron chi connectivity index (χ2n) is 5.10. The average molecular weight is 249 g/mol. The second-order valence-corrected chi connectivity index (χ2v) is 5.10. The van der Waals surface area contributed by atoms with Crippen LogP contribution in [0.3, 0.4) is 0 Å². The Morgan fingerprint density at radius 2 is 2.06 bits per heavy atom. The van der Waals surface area contributed by atoms with E-state index in [1.165, 1.54) is 0 Å². The van der Waals surface area contributed by atoms with Crippen LogP contribution in [-0.4, -0.2) is 18.5 Å². The van der Waals surface area contributed by atoms with Gasteiger partial charge in [0.15, 0.2) is 0 Å². The summed E-state index contributed by atoms with van der Waals surface area (Å²) < 4.78 is 0. The standard InChI is InChI=1S/C14H23N3O/c1-9(2)6-12(8-15)17-11-4-5-13(14(16)18)10(3)7-11/h4-5,7,9,12,17H,6,8,15H2,1-3H3,(H2,16,18). The molecule has 4 heteroatoms. The van der Waals surface area contributed by atoms with Crippen molar-refractivity contribution in [2.24, 2.45) is 17.4 Å². The van der Waals surface area contributed by atoms with E-state index in [2.05, 4.69) is 19.2 Å². The molecule has 0 heterocycles. The maximum atomic E-state index is 11.1.